The summed E-state index contributed by atoms with van der Waals surface area (Å²) in [7, 11) is 0. The Kier molecular flexibility index (Phi) is 2.95. The highest BCUT2D eigenvalue weighted by atomic mass is 16.5. The van der Waals surface area contributed by atoms with Crippen LogP contribution in [0.3, 0.4) is 0 Å². The van der Waals surface area contributed by atoms with Crippen molar-refractivity contribution < 1.29 is 19.4 Å². The number of ketones is 1. The Morgan fingerprint density at radius 1 is 1.47 bits per heavy atom. The van der Waals surface area contributed by atoms with Gasteiger partial charge in [-0.15, -0.1) is 0 Å². The minimum absolute atomic E-state index is 0.0475. The molecule has 0 aromatic heterocycles. The second-order valence-electron chi connectivity index (χ2n) is 3.89. The average Bonchev–Trinajstić information content (AvgIpc) is 2.67. The van der Waals surface area contributed by atoms with Crippen LogP contribution >= 0.6 is 0 Å². The molecular weight excluding hydrogens is 220 g/mol. The summed E-state index contributed by atoms with van der Waals surface area (Å²) in [6, 6.07) is 4.67. The van der Waals surface area contributed by atoms with Gasteiger partial charge >= 0.3 is 5.97 Å². The molecule has 0 unspecified atom stereocenters. The van der Waals surface area contributed by atoms with Crippen LogP contribution in [0.2, 0.25) is 0 Å². The predicted octanol–water partition coefficient (Wildman–Crippen LogP) is 1.93. The number of esters is 1. The number of hydrogen-bond acceptors (Lipinski definition) is 4. The summed E-state index contributed by atoms with van der Waals surface area (Å²) in [4.78, 5) is 22.5. The fourth-order valence-electron chi connectivity index (χ4n) is 1.71. The molecular formula is C13H12O4. The lowest BCUT2D eigenvalue weighted by molar-refractivity contribution is -0.134. The van der Waals surface area contributed by atoms with Crippen molar-refractivity contribution in [2.75, 3.05) is 6.61 Å². The molecule has 1 aliphatic rings. The van der Waals surface area contributed by atoms with E-state index in [1.807, 2.05) is 0 Å². The van der Waals surface area contributed by atoms with Crippen molar-refractivity contribution in [2.45, 2.75) is 13.3 Å². The number of phenolic OH excluding ortho intramolecular Hbond substituents is 1. The Hall–Kier alpha value is -2.10. The second-order valence-corrected chi connectivity index (χ2v) is 3.89. The molecule has 1 aromatic rings. The molecule has 0 atom stereocenters. The summed E-state index contributed by atoms with van der Waals surface area (Å²) in [5.41, 5.74) is 1.55. The largest absolute Gasteiger partial charge is 0.507 e. The minimum Gasteiger partial charge on any atom is -0.507 e. The van der Waals surface area contributed by atoms with E-state index in [9.17, 15) is 14.7 Å². The third kappa shape index (κ3) is 2.36. The number of benzene rings is 1. The Morgan fingerprint density at radius 2 is 2.24 bits per heavy atom. The van der Waals surface area contributed by atoms with Crippen LogP contribution in [0.25, 0.3) is 6.08 Å². The molecule has 2 rings (SSSR count). The third-order valence-corrected chi connectivity index (χ3v) is 2.61. The van der Waals surface area contributed by atoms with Gasteiger partial charge in [0.1, 0.15) is 5.75 Å². The van der Waals surface area contributed by atoms with Gasteiger partial charge in [0.25, 0.3) is 0 Å². The molecule has 4 nitrogen and oxygen atoms in total. The van der Waals surface area contributed by atoms with Crippen molar-refractivity contribution in [1.29, 1.82) is 0 Å². The van der Waals surface area contributed by atoms with E-state index >= 15 is 0 Å². The summed E-state index contributed by atoms with van der Waals surface area (Å²) in [6.07, 6.45) is 2.26. The normalized spacial score (nSPS) is 17.2. The topological polar surface area (TPSA) is 63.6 Å². The zero-order chi connectivity index (χ0) is 12.4. The Balaban J connectivity index is 2.37. The van der Waals surface area contributed by atoms with Gasteiger partial charge in [-0.25, -0.2) is 4.79 Å². The van der Waals surface area contributed by atoms with Crippen LogP contribution in [0.15, 0.2) is 23.8 Å². The fraction of sp³-hybridized carbons (Fsp3) is 0.231. The summed E-state index contributed by atoms with van der Waals surface area (Å²) in [6.45, 7) is 1.79. The highest BCUT2D eigenvalue weighted by Gasteiger charge is 2.18. The van der Waals surface area contributed by atoms with Crippen molar-refractivity contribution >= 4 is 17.8 Å². The van der Waals surface area contributed by atoms with Gasteiger partial charge < -0.3 is 9.84 Å². The van der Waals surface area contributed by atoms with Crippen molar-refractivity contribution in [3.8, 4) is 5.75 Å². The van der Waals surface area contributed by atoms with E-state index in [1.165, 1.54) is 13.0 Å². The quantitative estimate of drug-likeness (QED) is 0.480. The van der Waals surface area contributed by atoms with Crippen LogP contribution in [0.4, 0.5) is 0 Å². The third-order valence-electron chi connectivity index (χ3n) is 2.61. The number of aromatic hydroxyl groups is 1. The number of rotatable bonds is 2. The van der Waals surface area contributed by atoms with Crippen molar-refractivity contribution in [3.63, 3.8) is 0 Å². The molecule has 1 aliphatic heterocycles. The maximum Gasteiger partial charge on any atom is 0.334 e. The Bertz CT molecular complexity index is 514. The van der Waals surface area contributed by atoms with E-state index in [0.717, 1.165) is 0 Å². The number of hydrogen-bond donors (Lipinski definition) is 1. The lowest BCUT2D eigenvalue weighted by Crippen LogP contribution is -1.96. The van der Waals surface area contributed by atoms with Gasteiger partial charge in [0.15, 0.2) is 5.78 Å². The SMILES string of the molecule is CC(=O)c1cc(/C=C2/CCOC2=O)ccc1O. The van der Waals surface area contributed by atoms with E-state index in [0.29, 0.717) is 24.2 Å². The van der Waals surface area contributed by atoms with Gasteiger partial charge in [-0.2, -0.15) is 0 Å². The van der Waals surface area contributed by atoms with E-state index in [1.54, 1.807) is 18.2 Å². The molecule has 0 saturated carbocycles. The van der Waals surface area contributed by atoms with Gasteiger partial charge in [-0.1, -0.05) is 6.07 Å². The summed E-state index contributed by atoms with van der Waals surface area (Å²) >= 11 is 0. The molecule has 4 heteroatoms. The maximum absolute atomic E-state index is 11.3. The lowest BCUT2D eigenvalue weighted by atomic mass is 10.0. The summed E-state index contributed by atoms with van der Waals surface area (Å²) in [5.74, 6) is -0.576. The predicted molar refractivity (Wildman–Crippen MR) is 61.7 cm³/mol. The number of ether oxygens (including phenoxy) is 1. The van der Waals surface area contributed by atoms with Gasteiger partial charge in [-0.05, 0) is 30.7 Å². The van der Waals surface area contributed by atoms with E-state index in [4.69, 9.17) is 4.74 Å². The van der Waals surface area contributed by atoms with Crippen LogP contribution < -0.4 is 0 Å². The molecule has 1 heterocycles. The first kappa shape index (κ1) is 11.4. The smallest absolute Gasteiger partial charge is 0.334 e. The first-order valence-electron chi connectivity index (χ1n) is 5.29. The van der Waals surface area contributed by atoms with Crippen LogP contribution in [0.5, 0.6) is 5.75 Å². The molecule has 1 saturated heterocycles. The average molecular weight is 232 g/mol. The van der Waals surface area contributed by atoms with Crippen LogP contribution in [0.1, 0.15) is 29.3 Å². The molecule has 1 N–H and O–H groups in total. The van der Waals surface area contributed by atoms with E-state index in [-0.39, 0.29) is 23.1 Å². The first-order chi connectivity index (χ1) is 8.08. The number of Topliss-reactive ketones (excluding diaryl/α,β-unsaturated/α-hetero) is 1. The van der Waals surface area contributed by atoms with Gasteiger partial charge in [-0.3, -0.25) is 4.79 Å². The first-order valence-corrected chi connectivity index (χ1v) is 5.29. The van der Waals surface area contributed by atoms with Gasteiger partial charge in [0.2, 0.25) is 0 Å². The zero-order valence-electron chi connectivity index (χ0n) is 9.40. The summed E-state index contributed by atoms with van der Waals surface area (Å²) < 4.78 is 4.82. The molecule has 0 spiro atoms. The number of phenols is 1. The highest BCUT2D eigenvalue weighted by molar-refractivity contribution is 5.98. The van der Waals surface area contributed by atoms with Crippen molar-refractivity contribution in [3.05, 3.63) is 34.9 Å². The highest BCUT2D eigenvalue weighted by Crippen LogP contribution is 2.22. The van der Waals surface area contributed by atoms with Gasteiger partial charge in [0, 0.05) is 12.0 Å². The van der Waals surface area contributed by atoms with Crippen molar-refractivity contribution in [1.82, 2.24) is 0 Å². The second kappa shape index (κ2) is 4.41. The molecule has 0 aliphatic carbocycles. The Labute approximate surface area is 98.5 Å². The maximum atomic E-state index is 11.3. The molecule has 17 heavy (non-hydrogen) atoms. The standard InChI is InChI=1S/C13H12O4/c1-8(14)11-7-9(2-3-12(11)15)6-10-4-5-17-13(10)16/h2-3,6-7,15H,4-5H2,1H3/b10-6-. The van der Waals surface area contributed by atoms with E-state index < -0.39 is 0 Å². The Morgan fingerprint density at radius 3 is 2.82 bits per heavy atom. The van der Waals surface area contributed by atoms with E-state index in [2.05, 4.69) is 0 Å². The summed E-state index contributed by atoms with van der Waals surface area (Å²) in [5, 5.41) is 9.49. The van der Waals surface area contributed by atoms with Crippen LogP contribution in [-0.2, 0) is 9.53 Å². The molecule has 1 fully saturated rings. The molecule has 0 amide bonds. The monoisotopic (exact) mass is 232 g/mol. The minimum atomic E-state index is -0.317. The number of carbonyl (C=O) groups is 2. The molecule has 1 aromatic carbocycles. The van der Waals surface area contributed by atoms with Crippen LogP contribution in [0, 0.1) is 0 Å². The number of cyclic esters (lactones) is 1. The lowest BCUT2D eigenvalue weighted by Gasteiger charge is -2.02. The zero-order valence-corrected chi connectivity index (χ0v) is 9.40. The molecule has 0 bridgehead atoms. The molecule has 88 valence electrons. The van der Waals surface area contributed by atoms with Crippen LogP contribution in [-0.4, -0.2) is 23.5 Å². The number of carbonyl (C=O) groups excluding carboxylic acids is 2. The van der Waals surface area contributed by atoms with Gasteiger partial charge in [0.05, 0.1) is 12.2 Å². The molecule has 0 radical (unpaired) electrons. The van der Waals surface area contributed by atoms with Crippen molar-refractivity contribution in [2.24, 2.45) is 0 Å². The fourth-order valence-corrected chi connectivity index (χ4v) is 1.71.